The maximum absolute atomic E-state index is 12.0. The highest BCUT2D eigenvalue weighted by atomic mass is 16.5. The van der Waals surface area contributed by atoms with Crippen LogP contribution in [-0.4, -0.2) is 28.1 Å². The van der Waals surface area contributed by atoms with Crippen molar-refractivity contribution in [2.75, 3.05) is 12.4 Å². The molecule has 8 nitrogen and oxygen atoms in total. The Bertz CT molecular complexity index is 1040. The van der Waals surface area contributed by atoms with E-state index in [4.69, 9.17) is 10.3 Å². The van der Waals surface area contributed by atoms with Gasteiger partial charge in [-0.3, -0.25) is 5.32 Å². The lowest BCUT2D eigenvalue weighted by Crippen LogP contribution is -2.37. The van der Waals surface area contributed by atoms with Gasteiger partial charge in [-0.2, -0.15) is 5.53 Å². The molecule has 2 aromatic carbocycles. The molecule has 3 rings (SSSR count). The van der Waals surface area contributed by atoms with Crippen molar-refractivity contribution in [2.45, 2.75) is 20.5 Å². The molecule has 148 valence electrons. The molecular formula is C21H23N6O2+. The zero-order valence-corrected chi connectivity index (χ0v) is 16.6. The maximum atomic E-state index is 12.0. The predicted molar refractivity (Wildman–Crippen MR) is 109 cm³/mol. The molecule has 0 radical (unpaired) electrons. The number of para-hydroxylation sites is 1. The number of aryl methyl sites for hydroxylation is 2. The van der Waals surface area contributed by atoms with Gasteiger partial charge in [0.15, 0.2) is 0 Å². The van der Waals surface area contributed by atoms with Crippen LogP contribution in [-0.2, 0) is 6.61 Å². The SMILES string of the molecule is Cc1nccc(-c2ccc(OCc3ccccc3NC(=O)N(C)N=[NH2+])c(C)c2)n1. The van der Waals surface area contributed by atoms with Crippen LogP contribution in [0.2, 0.25) is 0 Å². The molecule has 0 bridgehead atoms. The molecule has 0 unspecified atom stereocenters. The molecule has 0 saturated carbocycles. The van der Waals surface area contributed by atoms with E-state index in [1.54, 1.807) is 12.3 Å². The number of ether oxygens (including phenoxy) is 1. The van der Waals surface area contributed by atoms with E-state index in [1.165, 1.54) is 7.05 Å². The molecule has 0 fully saturated rings. The second-order valence-corrected chi connectivity index (χ2v) is 6.48. The summed E-state index contributed by atoms with van der Waals surface area (Å²) in [5, 5.41) is 7.13. The Kier molecular flexibility index (Phi) is 6.13. The van der Waals surface area contributed by atoms with Crippen LogP contribution in [0.3, 0.4) is 0 Å². The second kappa shape index (κ2) is 8.92. The van der Waals surface area contributed by atoms with Crippen molar-refractivity contribution in [1.82, 2.24) is 15.0 Å². The highest BCUT2D eigenvalue weighted by Gasteiger charge is 2.16. The molecule has 0 spiro atoms. The maximum Gasteiger partial charge on any atom is 0.433 e. The minimum atomic E-state index is -0.430. The standard InChI is InChI=1S/C21H22N6O2/c1-14-12-16(19-10-11-23-15(2)24-19)8-9-20(14)29-13-17-6-4-5-7-18(17)25-21(28)27(3)26-22/h4-12,22H,13H2,1-3H3,(H,25,28)/p+1. The zero-order valence-electron chi connectivity index (χ0n) is 16.6. The number of nitrogens with one attached hydrogen (secondary N) is 1. The van der Waals surface area contributed by atoms with Gasteiger partial charge in [0.05, 0.1) is 16.6 Å². The molecular weight excluding hydrogens is 368 g/mol. The summed E-state index contributed by atoms with van der Waals surface area (Å²) in [5.41, 5.74) is 9.47. The number of aromatic nitrogens is 2. The van der Waals surface area contributed by atoms with Crippen LogP contribution in [0.5, 0.6) is 5.75 Å². The Labute approximate surface area is 169 Å². The van der Waals surface area contributed by atoms with Crippen molar-refractivity contribution in [3.63, 3.8) is 0 Å². The summed E-state index contributed by atoms with van der Waals surface area (Å²) in [6, 6.07) is 14.8. The van der Waals surface area contributed by atoms with Crippen molar-refractivity contribution in [1.29, 1.82) is 0 Å². The largest absolute Gasteiger partial charge is 0.489 e. The van der Waals surface area contributed by atoms with Gasteiger partial charge in [0, 0.05) is 17.3 Å². The topological polar surface area (TPSA) is 105 Å². The van der Waals surface area contributed by atoms with E-state index in [9.17, 15) is 4.79 Å². The summed E-state index contributed by atoms with van der Waals surface area (Å²) < 4.78 is 6.00. The molecule has 29 heavy (non-hydrogen) atoms. The lowest BCUT2D eigenvalue weighted by Gasteiger charge is -2.14. The third kappa shape index (κ3) is 4.92. The van der Waals surface area contributed by atoms with Crippen molar-refractivity contribution in [2.24, 2.45) is 5.22 Å². The number of hydrogen-bond donors (Lipinski definition) is 2. The van der Waals surface area contributed by atoms with E-state index in [-0.39, 0.29) is 0 Å². The van der Waals surface area contributed by atoms with Crippen LogP contribution in [0, 0.1) is 13.8 Å². The Morgan fingerprint density at radius 2 is 2.00 bits per heavy atom. The van der Waals surface area contributed by atoms with Crippen LogP contribution in [0.1, 0.15) is 17.0 Å². The van der Waals surface area contributed by atoms with Gasteiger partial charge < -0.3 is 4.74 Å². The molecule has 3 aromatic rings. The number of hydrogen-bond acceptors (Lipinski definition) is 5. The first kappa shape index (κ1) is 19.9. The van der Waals surface area contributed by atoms with E-state index >= 15 is 0 Å². The summed E-state index contributed by atoms with van der Waals surface area (Å²) in [7, 11) is 1.47. The Morgan fingerprint density at radius 1 is 1.21 bits per heavy atom. The normalized spacial score (nSPS) is 10.3. The van der Waals surface area contributed by atoms with Crippen LogP contribution >= 0.6 is 0 Å². The van der Waals surface area contributed by atoms with Gasteiger partial charge in [0.25, 0.3) is 0 Å². The predicted octanol–water partition coefficient (Wildman–Crippen LogP) is 2.93. The fourth-order valence-corrected chi connectivity index (χ4v) is 2.76. The van der Waals surface area contributed by atoms with Crippen LogP contribution in [0.4, 0.5) is 10.5 Å². The molecule has 0 atom stereocenters. The van der Waals surface area contributed by atoms with Crippen LogP contribution in [0.25, 0.3) is 11.3 Å². The Balaban J connectivity index is 1.74. The van der Waals surface area contributed by atoms with Crippen LogP contribution < -0.4 is 15.6 Å². The fraction of sp³-hybridized carbons (Fsp3) is 0.190. The lowest BCUT2D eigenvalue weighted by atomic mass is 10.1. The van der Waals surface area contributed by atoms with Crippen molar-refractivity contribution < 1.29 is 15.1 Å². The molecule has 0 aliphatic carbocycles. The fourth-order valence-electron chi connectivity index (χ4n) is 2.76. The van der Waals surface area contributed by atoms with Gasteiger partial charge in [0.2, 0.25) is 0 Å². The first-order valence-corrected chi connectivity index (χ1v) is 9.05. The van der Waals surface area contributed by atoms with Gasteiger partial charge in [-0.1, -0.05) is 23.2 Å². The molecule has 8 heteroatoms. The lowest BCUT2D eigenvalue weighted by molar-refractivity contribution is -0.248. The first-order chi connectivity index (χ1) is 14.0. The molecule has 0 aliphatic heterocycles. The summed E-state index contributed by atoms with van der Waals surface area (Å²) in [4.78, 5) is 20.6. The molecule has 1 aromatic heterocycles. The number of carbonyl (C=O) groups is 1. The highest BCUT2D eigenvalue weighted by Crippen LogP contribution is 2.26. The number of amides is 2. The van der Waals surface area contributed by atoms with Gasteiger partial charge in [-0.15, -0.1) is 0 Å². The van der Waals surface area contributed by atoms with Crippen LogP contribution in [0.15, 0.2) is 60.0 Å². The van der Waals surface area contributed by atoms with Gasteiger partial charge in [-0.25, -0.2) is 14.8 Å². The van der Waals surface area contributed by atoms with Gasteiger partial charge in [0.1, 0.15) is 25.2 Å². The highest BCUT2D eigenvalue weighted by molar-refractivity contribution is 5.89. The number of carbonyl (C=O) groups excluding carboxylic acids is 1. The number of urea groups is 1. The first-order valence-electron chi connectivity index (χ1n) is 9.05. The Morgan fingerprint density at radius 3 is 2.72 bits per heavy atom. The number of nitrogens with two attached hydrogens (primary N) is 1. The summed E-state index contributed by atoms with van der Waals surface area (Å²) in [6.07, 6.45) is 1.75. The quantitative estimate of drug-likeness (QED) is 0.498. The number of rotatable bonds is 6. The minimum absolute atomic E-state index is 0.298. The minimum Gasteiger partial charge on any atom is -0.489 e. The van der Waals surface area contributed by atoms with Gasteiger partial charge in [-0.05, 0) is 49.7 Å². The summed E-state index contributed by atoms with van der Waals surface area (Å²) in [6.45, 7) is 4.15. The summed E-state index contributed by atoms with van der Waals surface area (Å²) >= 11 is 0. The zero-order chi connectivity index (χ0) is 20.8. The number of anilines is 1. The van der Waals surface area contributed by atoms with Crippen molar-refractivity contribution >= 4 is 11.7 Å². The molecule has 0 saturated heterocycles. The smallest absolute Gasteiger partial charge is 0.433 e. The molecule has 3 N–H and O–H groups in total. The third-order valence-corrected chi connectivity index (χ3v) is 4.36. The second-order valence-electron chi connectivity index (χ2n) is 6.48. The average Bonchev–Trinajstić information content (AvgIpc) is 2.73. The molecule has 1 heterocycles. The average molecular weight is 391 g/mol. The van der Waals surface area contributed by atoms with E-state index in [1.807, 2.05) is 56.3 Å². The summed E-state index contributed by atoms with van der Waals surface area (Å²) in [5.74, 6) is 1.49. The van der Waals surface area contributed by atoms with E-state index in [0.717, 1.165) is 39.0 Å². The third-order valence-electron chi connectivity index (χ3n) is 4.36. The van der Waals surface area contributed by atoms with Gasteiger partial charge >= 0.3 is 6.03 Å². The van der Waals surface area contributed by atoms with Crippen molar-refractivity contribution in [3.05, 3.63) is 71.7 Å². The molecule has 0 aliphatic rings. The van der Waals surface area contributed by atoms with E-state index in [0.29, 0.717) is 12.3 Å². The van der Waals surface area contributed by atoms with Crippen molar-refractivity contribution in [3.8, 4) is 17.0 Å². The number of nitrogens with zero attached hydrogens (tertiary/aromatic N) is 4. The monoisotopic (exact) mass is 391 g/mol. The van der Waals surface area contributed by atoms with E-state index in [2.05, 4.69) is 20.5 Å². The molecule has 2 amide bonds. The Hall–Kier alpha value is -3.81. The number of benzene rings is 2. The van der Waals surface area contributed by atoms with E-state index < -0.39 is 6.03 Å².